The number of sulfonamides is 1. The van der Waals surface area contributed by atoms with Crippen LogP contribution in [0.2, 0.25) is 0 Å². The van der Waals surface area contributed by atoms with E-state index in [1.165, 1.54) is 10.6 Å². The molecule has 140 valence electrons. The number of hydrogen-bond donors (Lipinski definition) is 1. The number of hydrogen-bond acceptors (Lipinski definition) is 3. The molecule has 0 saturated heterocycles. The standard InChI is InChI=1S/C20H26N2O3S/c1-15-10-11-19(14-16(15)2)20(23)21-12-13-22(26(4,24)25)17(3)18-8-6-5-7-9-18/h5-11,14,17H,12-13H2,1-4H3,(H,21,23). The molecular formula is C20H26N2O3S. The van der Waals surface area contributed by atoms with Crippen LogP contribution in [-0.2, 0) is 10.0 Å². The lowest BCUT2D eigenvalue weighted by Crippen LogP contribution is -2.39. The molecule has 0 aromatic heterocycles. The molecule has 5 nitrogen and oxygen atoms in total. The van der Waals surface area contributed by atoms with Crippen molar-refractivity contribution < 1.29 is 13.2 Å². The summed E-state index contributed by atoms with van der Waals surface area (Å²) in [5.74, 6) is -0.200. The first-order valence-corrected chi connectivity index (χ1v) is 10.4. The van der Waals surface area contributed by atoms with Gasteiger partial charge in [-0.15, -0.1) is 0 Å². The molecule has 2 rings (SSSR count). The molecule has 26 heavy (non-hydrogen) atoms. The van der Waals surface area contributed by atoms with Gasteiger partial charge in [0.25, 0.3) is 5.91 Å². The van der Waals surface area contributed by atoms with E-state index in [2.05, 4.69) is 5.32 Å². The summed E-state index contributed by atoms with van der Waals surface area (Å²) in [7, 11) is -3.41. The molecule has 1 N–H and O–H groups in total. The third kappa shape index (κ3) is 5.16. The van der Waals surface area contributed by atoms with Crippen LogP contribution in [0.3, 0.4) is 0 Å². The molecule has 0 fully saturated rings. The van der Waals surface area contributed by atoms with Gasteiger partial charge in [-0.2, -0.15) is 4.31 Å². The van der Waals surface area contributed by atoms with Crippen molar-refractivity contribution in [1.82, 2.24) is 9.62 Å². The summed E-state index contributed by atoms with van der Waals surface area (Å²) >= 11 is 0. The lowest BCUT2D eigenvalue weighted by molar-refractivity contribution is 0.0950. The summed E-state index contributed by atoms with van der Waals surface area (Å²) in [5.41, 5.74) is 3.67. The van der Waals surface area contributed by atoms with Crippen molar-refractivity contribution in [1.29, 1.82) is 0 Å². The summed E-state index contributed by atoms with van der Waals surface area (Å²) in [6, 6.07) is 14.7. The Hall–Kier alpha value is -2.18. The number of rotatable bonds is 7. The van der Waals surface area contributed by atoms with Crippen LogP contribution in [0.1, 0.15) is 40.0 Å². The van der Waals surface area contributed by atoms with Crippen LogP contribution in [0, 0.1) is 13.8 Å². The zero-order valence-corrected chi connectivity index (χ0v) is 16.5. The van der Waals surface area contributed by atoms with Crippen LogP contribution in [0.15, 0.2) is 48.5 Å². The highest BCUT2D eigenvalue weighted by atomic mass is 32.2. The van der Waals surface area contributed by atoms with Crippen LogP contribution in [0.4, 0.5) is 0 Å². The van der Waals surface area contributed by atoms with Crippen LogP contribution >= 0.6 is 0 Å². The maximum atomic E-state index is 12.3. The van der Waals surface area contributed by atoms with E-state index in [4.69, 9.17) is 0 Å². The molecule has 2 aromatic rings. The van der Waals surface area contributed by atoms with E-state index in [1.54, 1.807) is 6.07 Å². The van der Waals surface area contributed by atoms with Gasteiger partial charge in [0.1, 0.15) is 0 Å². The molecule has 1 atom stereocenters. The van der Waals surface area contributed by atoms with E-state index < -0.39 is 10.0 Å². The molecule has 1 amide bonds. The first-order chi connectivity index (χ1) is 12.2. The Labute approximate surface area is 156 Å². The Kier molecular flexibility index (Phi) is 6.56. The van der Waals surface area contributed by atoms with Gasteiger partial charge in [0.2, 0.25) is 10.0 Å². The first-order valence-electron chi connectivity index (χ1n) is 8.57. The Morgan fingerprint density at radius 2 is 1.73 bits per heavy atom. The fourth-order valence-electron chi connectivity index (χ4n) is 2.81. The summed E-state index contributed by atoms with van der Waals surface area (Å²) in [5, 5.41) is 2.81. The minimum Gasteiger partial charge on any atom is -0.351 e. The van der Waals surface area contributed by atoms with E-state index in [0.717, 1.165) is 16.7 Å². The molecule has 0 aliphatic carbocycles. The highest BCUT2D eigenvalue weighted by Gasteiger charge is 2.24. The maximum absolute atomic E-state index is 12.3. The summed E-state index contributed by atoms with van der Waals surface area (Å²) in [6.07, 6.45) is 1.19. The molecule has 6 heteroatoms. The third-order valence-electron chi connectivity index (χ3n) is 4.53. The van der Waals surface area contributed by atoms with Crippen LogP contribution in [0.25, 0.3) is 0 Å². The van der Waals surface area contributed by atoms with Gasteiger partial charge in [0.15, 0.2) is 0 Å². The third-order valence-corrected chi connectivity index (χ3v) is 5.88. The van der Waals surface area contributed by atoms with Gasteiger partial charge in [-0.05, 0) is 49.6 Å². The van der Waals surface area contributed by atoms with E-state index >= 15 is 0 Å². The van der Waals surface area contributed by atoms with E-state index in [9.17, 15) is 13.2 Å². The molecule has 0 spiro atoms. The van der Waals surface area contributed by atoms with Crippen LogP contribution < -0.4 is 5.32 Å². The maximum Gasteiger partial charge on any atom is 0.251 e. The monoisotopic (exact) mass is 374 g/mol. The molecule has 0 radical (unpaired) electrons. The number of carbonyl (C=O) groups is 1. The average Bonchev–Trinajstić information content (AvgIpc) is 2.60. The second-order valence-electron chi connectivity index (χ2n) is 6.52. The number of nitrogens with zero attached hydrogens (tertiary/aromatic N) is 1. The Morgan fingerprint density at radius 3 is 2.31 bits per heavy atom. The molecule has 1 unspecified atom stereocenters. The summed E-state index contributed by atoms with van der Waals surface area (Å²) in [6.45, 7) is 6.26. The molecule has 0 saturated carbocycles. The van der Waals surface area contributed by atoms with Gasteiger partial charge in [-0.3, -0.25) is 4.79 Å². The number of nitrogens with one attached hydrogen (secondary N) is 1. The summed E-state index contributed by atoms with van der Waals surface area (Å²) in [4.78, 5) is 12.3. The average molecular weight is 375 g/mol. The predicted molar refractivity (Wildman–Crippen MR) is 105 cm³/mol. The second-order valence-corrected chi connectivity index (χ2v) is 8.45. The van der Waals surface area contributed by atoms with Crippen molar-refractivity contribution in [2.24, 2.45) is 0 Å². The van der Waals surface area contributed by atoms with Crippen molar-refractivity contribution in [3.63, 3.8) is 0 Å². The Balaban J connectivity index is 2.04. The topological polar surface area (TPSA) is 66.5 Å². The zero-order valence-electron chi connectivity index (χ0n) is 15.7. The Morgan fingerprint density at radius 1 is 1.08 bits per heavy atom. The molecule has 0 bridgehead atoms. The van der Waals surface area contributed by atoms with Gasteiger partial charge < -0.3 is 5.32 Å². The number of aryl methyl sites for hydroxylation is 2. The normalized spacial score (nSPS) is 12.8. The minimum absolute atomic E-state index is 0.200. The van der Waals surface area contributed by atoms with Gasteiger partial charge in [0, 0.05) is 24.7 Å². The van der Waals surface area contributed by atoms with Crippen LogP contribution in [-0.4, -0.2) is 38.0 Å². The molecule has 2 aromatic carbocycles. The van der Waals surface area contributed by atoms with Crippen molar-refractivity contribution in [3.8, 4) is 0 Å². The van der Waals surface area contributed by atoms with E-state index in [0.29, 0.717) is 5.56 Å². The lowest BCUT2D eigenvalue weighted by atomic mass is 10.1. The van der Waals surface area contributed by atoms with Gasteiger partial charge >= 0.3 is 0 Å². The smallest absolute Gasteiger partial charge is 0.251 e. The molecule has 0 aliphatic rings. The largest absolute Gasteiger partial charge is 0.351 e. The summed E-state index contributed by atoms with van der Waals surface area (Å²) < 4.78 is 25.8. The van der Waals surface area contributed by atoms with Crippen molar-refractivity contribution in [2.75, 3.05) is 19.3 Å². The van der Waals surface area contributed by atoms with Gasteiger partial charge in [-0.25, -0.2) is 8.42 Å². The zero-order chi connectivity index (χ0) is 19.3. The van der Waals surface area contributed by atoms with Crippen molar-refractivity contribution >= 4 is 15.9 Å². The van der Waals surface area contributed by atoms with Gasteiger partial charge in [-0.1, -0.05) is 36.4 Å². The molecule has 0 aliphatic heterocycles. The fraction of sp³-hybridized carbons (Fsp3) is 0.350. The minimum atomic E-state index is -3.41. The number of amides is 1. The fourth-order valence-corrected chi connectivity index (χ4v) is 3.93. The van der Waals surface area contributed by atoms with Crippen molar-refractivity contribution in [2.45, 2.75) is 26.8 Å². The predicted octanol–water partition coefficient (Wildman–Crippen LogP) is 3.06. The highest BCUT2D eigenvalue weighted by Crippen LogP contribution is 2.22. The van der Waals surface area contributed by atoms with Crippen molar-refractivity contribution in [3.05, 3.63) is 70.8 Å². The van der Waals surface area contributed by atoms with E-state index in [1.807, 2.05) is 63.2 Å². The molecule has 0 heterocycles. The molecular weight excluding hydrogens is 348 g/mol. The first kappa shape index (κ1) is 20.1. The Bertz CT molecular complexity index is 864. The highest BCUT2D eigenvalue weighted by molar-refractivity contribution is 7.88. The SMILES string of the molecule is Cc1ccc(C(=O)NCCN(C(C)c2ccccc2)S(C)(=O)=O)cc1C. The van der Waals surface area contributed by atoms with Gasteiger partial charge in [0.05, 0.1) is 6.26 Å². The van der Waals surface area contributed by atoms with Crippen LogP contribution in [0.5, 0.6) is 0 Å². The lowest BCUT2D eigenvalue weighted by Gasteiger charge is -2.27. The van der Waals surface area contributed by atoms with E-state index in [-0.39, 0.29) is 25.0 Å². The quantitative estimate of drug-likeness (QED) is 0.810. The number of carbonyl (C=O) groups excluding carboxylic acids is 1. The number of benzene rings is 2. The second kappa shape index (κ2) is 8.47.